The quantitative estimate of drug-likeness (QED) is 0.842. The van der Waals surface area contributed by atoms with Gasteiger partial charge < -0.3 is 11.1 Å². The number of carbonyl (C=O) groups is 1. The minimum Gasteiger partial charge on any atom is -0.349 e. The van der Waals surface area contributed by atoms with E-state index in [0.29, 0.717) is 6.42 Å². The van der Waals surface area contributed by atoms with E-state index in [9.17, 15) is 4.79 Å². The number of aromatic nitrogens is 1. The highest BCUT2D eigenvalue weighted by molar-refractivity contribution is 7.11. The second-order valence-corrected chi connectivity index (χ2v) is 5.39. The Hall–Kier alpha value is -0.940. The van der Waals surface area contributed by atoms with Crippen LogP contribution < -0.4 is 11.1 Å². The van der Waals surface area contributed by atoms with Crippen LogP contribution in [0.15, 0.2) is 0 Å². The number of nitrogens with two attached hydrogens (primary N) is 1. The Morgan fingerprint density at radius 2 is 2.12 bits per heavy atom. The topological polar surface area (TPSA) is 68.0 Å². The van der Waals surface area contributed by atoms with Crippen LogP contribution in [0.4, 0.5) is 0 Å². The number of nitrogens with zero attached hydrogens (tertiary/aromatic N) is 1. The van der Waals surface area contributed by atoms with Crippen LogP contribution in [0.5, 0.6) is 0 Å². The van der Waals surface area contributed by atoms with Gasteiger partial charge in [0, 0.05) is 17.3 Å². The second kappa shape index (κ2) is 5.41. The summed E-state index contributed by atoms with van der Waals surface area (Å²) in [6.07, 6.45) is 0.362. The smallest absolute Gasteiger partial charge is 0.222 e. The van der Waals surface area contributed by atoms with Gasteiger partial charge in [0.1, 0.15) is 0 Å². The Morgan fingerprint density at radius 1 is 1.50 bits per heavy atom. The highest BCUT2D eigenvalue weighted by Gasteiger charge is 2.15. The first-order valence-corrected chi connectivity index (χ1v) is 6.20. The van der Waals surface area contributed by atoms with Crippen molar-refractivity contribution in [2.45, 2.75) is 46.2 Å². The Labute approximate surface area is 100 Å². The summed E-state index contributed by atoms with van der Waals surface area (Å²) in [7, 11) is 0. The minimum absolute atomic E-state index is 0.00652. The van der Waals surface area contributed by atoms with Gasteiger partial charge in [0.2, 0.25) is 5.91 Å². The molecule has 0 saturated heterocycles. The summed E-state index contributed by atoms with van der Waals surface area (Å²) in [4.78, 5) is 17.0. The molecular weight excluding hydrogens is 222 g/mol. The summed E-state index contributed by atoms with van der Waals surface area (Å²) in [6.45, 7) is 7.73. The molecule has 0 radical (unpaired) electrons. The van der Waals surface area contributed by atoms with E-state index in [0.717, 1.165) is 15.6 Å². The molecule has 16 heavy (non-hydrogen) atoms. The van der Waals surface area contributed by atoms with E-state index >= 15 is 0 Å². The molecule has 0 fully saturated rings. The second-order valence-electron chi connectivity index (χ2n) is 4.15. The van der Waals surface area contributed by atoms with E-state index in [4.69, 9.17) is 5.73 Å². The molecule has 1 rings (SSSR count). The molecule has 1 amide bonds. The predicted octanol–water partition coefficient (Wildman–Crippen LogP) is 1.67. The summed E-state index contributed by atoms with van der Waals surface area (Å²) in [6, 6.07) is -0.0889. The maximum Gasteiger partial charge on any atom is 0.222 e. The SMILES string of the molecule is Cc1nc(C)c(C(C)NC(=O)CC(C)N)s1. The van der Waals surface area contributed by atoms with Crippen LogP contribution in [-0.2, 0) is 4.79 Å². The van der Waals surface area contributed by atoms with Crippen molar-refractivity contribution >= 4 is 17.2 Å². The lowest BCUT2D eigenvalue weighted by Crippen LogP contribution is -2.31. The maximum absolute atomic E-state index is 11.5. The molecule has 0 bridgehead atoms. The van der Waals surface area contributed by atoms with Gasteiger partial charge in [-0.25, -0.2) is 4.98 Å². The molecule has 1 heterocycles. The molecule has 0 aromatic carbocycles. The van der Waals surface area contributed by atoms with Crippen molar-refractivity contribution in [2.75, 3.05) is 0 Å². The zero-order valence-electron chi connectivity index (χ0n) is 10.2. The Balaban J connectivity index is 2.62. The Morgan fingerprint density at radius 3 is 2.56 bits per heavy atom. The van der Waals surface area contributed by atoms with E-state index in [1.807, 2.05) is 27.7 Å². The van der Waals surface area contributed by atoms with E-state index in [2.05, 4.69) is 10.3 Å². The molecule has 0 saturated carbocycles. The van der Waals surface area contributed by atoms with Gasteiger partial charge in [-0.15, -0.1) is 11.3 Å². The van der Waals surface area contributed by atoms with Crippen LogP contribution in [0.3, 0.4) is 0 Å². The van der Waals surface area contributed by atoms with Crippen LogP contribution in [0.25, 0.3) is 0 Å². The predicted molar refractivity (Wildman–Crippen MR) is 66.4 cm³/mol. The largest absolute Gasteiger partial charge is 0.349 e. The number of amides is 1. The van der Waals surface area contributed by atoms with Crippen LogP contribution >= 0.6 is 11.3 Å². The molecule has 2 atom stereocenters. The first kappa shape index (κ1) is 13.1. The summed E-state index contributed by atoms with van der Waals surface area (Å²) in [5.74, 6) is -0.00652. The van der Waals surface area contributed by atoms with Crippen LogP contribution in [-0.4, -0.2) is 16.9 Å². The van der Waals surface area contributed by atoms with Gasteiger partial charge in [-0.3, -0.25) is 4.79 Å². The molecule has 3 N–H and O–H groups in total. The number of rotatable bonds is 4. The monoisotopic (exact) mass is 241 g/mol. The standard InChI is InChI=1S/C11H19N3OS/c1-6(12)5-10(15)14-8(3)11-7(2)13-9(4)16-11/h6,8H,5,12H2,1-4H3,(H,14,15). The fraction of sp³-hybridized carbons (Fsp3) is 0.636. The lowest BCUT2D eigenvalue weighted by atomic mass is 10.2. The van der Waals surface area contributed by atoms with Crippen molar-refractivity contribution in [3.05, 3.63) is 15.6 Å². The Kier molecular flexibility index (Phi) is 4.44. The van der Waals surface area contributed by atoms with Gasteiger partial charge in [0.05, 0.1) is 16.7 Å². The zero-order valence-corrected chi connectivity index (χ0v) is 11.0. The molecule has 0 aliphatic carbocycles. The van der Waals surface area contributed by atoms with E-state index in [1.54, 1.807) is 11.3 Å². The van der Waals surface area contributed by atoms with Gasteiger partial charge in [-0.1, -0.05) is 0 Å². The van der Waals surface area contributed by atoms with Gasteiger partial charge in [-0.2, -0.15) is 0 Å². The third kappa shape index (κ3) is 3.57. The molecule has 2 unspecified atom stereocenters. The number of nitrogens with one attached hydrogen (secondary N) is 1. The highest BCUT2D eigenvalue weighted by atomic mass is 32.1. The van der Waals surface area contributed by atoms with Crippen LogP contribution in [0.2, 0.25) is 0 Å². The molecule has 4 nitrogen and oxygen atoms in total. The lowest BCUT2D eigenvalue weighted by molar-refractivity contribution is -0.121. The first-order valence-electron chi connectivity index (χ1n) is 5.39. The number of carbonyl (C=O) groups excluding carboxylic acids is 1. The molecule has 0 spiro atoms. The van der Waals surface area contributed by atoms with Crippen molar-refractivity contribution in [1.29, 1.82) is 0 Å². The zero-order chi connectivity index (χ0) is 12.3. The van der Waals surface area contributed by atoms with Crippen LogP contribution in [0, 0.1) is 13.8 Å². The summed E-state index contributed by atoms with van der Waals surface area (Å²) in [5.41, 5.74) is 6.57. The number of hydrogen-bond acceptors (Lipinski definition) is 4. The average Bonchev–Trinajstić information content (AvgIpc) is 2.43. The van der Waals surface area contributed by atoms with E-state index < -0.39 is 0 Å². The summed E-state index contributed by atoms with van der Waals surface area (Å²) in [5, 5.41) is 3.96. The van der Waals surface area contributed by atoms with Crippen molar-refractivity contribution in [2.24, 2.45) is 5.73 Å². The molecule has 90 valence electrons. The van der Waals surface area contributed by atoms with Crippen molar-refractivity contribution in [1.82, 2.24) is 10.3 Å². The summed E-state index contributed by atoms with van der Waals surface area (Å²) >= 11 is 1.63. The molecule has 0 aliphatic rings. The number of thiazole rings is 1. The fourth-order valence-corrected chi connectivity index (χ4v) is 2.54. The average molecular weight is 241 g/mol. The van der Waals surface area contributed by atoms with Gasteiger partial charge in [0.15, 0.2) is 0 Å². The van der Waals surface area contributed by atoms with E-state index in [-0.39, 0.29) is 18.0 Å². The van der Waals surface area contributed by atoms with Crippen molar-refractivity contribution < 1.29 is 4.79 Å². The third-order valence-electron chi connectivity index (χ3n) is 2.22. The van der Waals surface area contributed by atoms with Crippen LogP contribution in [0.1, 0.15) is 41.9 Å². The number of aryl methyl sites for hydroxylation is 2. The molecule has 5 heteroatoms. The van der Waals surface area contributed by atoms with Gasteiger partial charge in [0.25, 0.3) is 0 Å². The van der Waals surface area contributed by atoms with Crippen molar-refractivity contribution in [3.63, 3.8) is 0 Å². The van der Waals surface area contributed by atoms with Gasteiger partial charge in [-0.05, 0) is 27.7 Å². The molecule has 0 aliphatic heterocycles. The van der Waals surface area contributed by atoms with E-state index in [1.165, 1.54) is 0 Å². The first-order chi connectivity index (χ1) is 7.40. The summed E-state index contributed by atoms with van der Waals surface area (Å²) < 4.78 is 0. The molecular formula is C11H19N3OS. The maximum atomic E-state index is 11.5. The molecule has 1 aromatic rings. The Bertz CT molecular complexity index is 373. The molecule has 1 aromatic heterocycles. The third-order valence-corrected chi connectivity index (χ3v) is 3.47. The highest BCUT2D eigenvalue weighted by Crippen LogP contribution is 2.24. The lowest BCUT2D eigenvalue weighted by Gasteiger charge is -2.13. The van der Waals surface area contributed by atoms with Crippen molar-refractivity contribution in [3.8, 4) is 0 Å². The fourth-order valence-electron chi connectivity index (χ4n) is 1.61. The number of hydrogen-bond donors (Lipinski definition) is 2. The normalized spacial score (nSPS) is 14.6. The van der Waals surface area contributed by atoms with Gasteiger partial charge >= 0.3 is 0 Å². The minimum atomic E-state index is -0.100.